The Kier molecular flexibility index (Phi) is 6.00. The molecule has 2 heterocycles. The van der Waals surface area contributed by atoms with Crippen LogP contribution >= 0.6 is 0 Å². The van der Waals surface area contributed by atoms with E-state index >= 15 is 0 Å². The van der Waals surface area contributed by atoms with Crippen LogP contribution in [0.1, 0.15) is 57.4 Å². The molecule has 2 heteroatoms. The van der Waals surface area contributed by atoms with Crippen LogP contribution in [0.3, 0.4) is 0 Å². The number of benzene rings is 1. The lowest BCUT2D eigenvalue weighted by atomic mass is 9.25. The van der Waals surface area contributed by atoms with Crippen molar-refractivity contribution in [2.75, 3.05) is 6.61 Å². The normalized spacial score (nSPS) is 26.0. The maximum absolute atomic E-state index is 5.87. The van der Waals surface area contributed by atoms with E-state index in [2.05, 4.69) is 37.3 Å². The minimum Gasteiger partial charge on any atom is -0.377 e. The molecule has 1 unspecified atom stereocenters. The Morgan fingerprint density at radius 3 is 2.32 bits per heavy atom. The molecule has 0 N–H and O–H groups in total. The highest BCUT2D eigenvalue weighted by Gasteiger charge is 2.39. The SMILES string of the molecule is CC(CCOCc1ccccc1)CB1C2CCCC1CCC2. The molecule has 2 fully saturated rings. The second-order valence-corrected chi connectivity index (χ2v) is 7.71. The van der Waals surface area contributed by atoms with Gasteiger partial charge in [0.25, 0.3) is 0 Å². The molecule has 2 saturated heterocycles. The second-order valence-electron chi connectivity index (χ2n) is 7.71. The maximum atomic E-state index is 5.87. The van der Waals surface area contributed by atoms with E-state index in [1.54, 1.807) is 0 Å². The first-order chi connectivity index (χ1) is 10.8. The molecule has 0 radical (unpaired) electrons. The third-order valence-electron chi connectivity index (χ3n) is 6.05. The minimum absolute atomic E-state index is 0.766. The minimum atomic E-state index is 0.766. The smallest absolute Gasteiger partial charge is 0.146 e. The van der Waals surface area contributed by atoms with Gasteiger partial charge in [0.2, 0.25) is 0 Å². The topological polar surface area (TPSA) is 9.23 Å². The van der Waals surface area contributed by atoms with Gasteiger partial charge in [-0.1, -0.05) is 93.7 Å². The monoisotopic (exact) mass is 298 g/mol. The highest BCUT2D eigenvalue weighted by atomic mass is 16.5. The van der Waals surface area contributed by atoms with Crippen molar-refractivity contribution in [3.8, 4) is 0 Å². The molecule has 2 bridgehead atoms. The van der Waals surface area contributed by atoms with Crippen LogP contribution in [0.2, 0.25) is 18.0 Å². The molecule has 0 aromatic heterocycles. The van der Waals surface area contributed by atoms with E-state index in [1.165, 1.54) is 56.8 Å². The lowest BCUT2D eigenvalue weighted by molar-refractivity contribution is 0.110. The number of hydrogen-bond donors (Lipinski definition) is 0. The van der Waals surface area contributed by atoms with Crippen molar-refractivity contribution in [3.05, 3.63) is 35.9 Å². The van der Waals surface area contributed by atoms with Gasteiger partial charge in [0, 0.05) is 6.61 Å². The van der Waals surface area contributed by atoms with Crippen molar-refractivity contribution < 1.29 is 4.74 Å². The van der Waals surface area contributed by atoms with E-state index in [-0.39, 0.29) is 0 Å². The number of fused-ring (bicyclic) bond motifs is 2. The van der Waals surface area contributed by atoms with Gasteiger partial charge in [-0.05, 0) is 17.9 Å². The zero-order valence-electron chi connectivity index (χ0n) is 14.2. The van der Waals surface area contributed by atoms with E-state index in [0.29, 0.717) is 0 Å². The van der Waals surface area contributed by atoms with E-state index in [0.717, 1.165) is 37.5 Å². The summed E-state index contributed by atoms with van der Waals surface area (Å²) in [5.41, 5.74) is 1.29. The fourth-order valence-corrected chi connectivity index (χ4v) is 4.83. The number of hydrogen-bond acceptors (Lipinski definition) is 1. The van der Waals surface area contributed by atoms with Crippen LogP contribution in [0.15, 0.2) is 30.3 Å². The Labute approximate surface area is 136 Å². The summed E-state index contributed by atoms with van der Waals surface area (Å²) in [5, 5.41) is 0. The lowest BCUT2D eigenvalue weighted by Crippen LogP contribution is -2.35. The lowest BCUT2D eigenvalue weighted by Gasteiger charge is -2.41. The van der Waals surface area contributed by atoms with Crippen LogP contribution in [-0.4, -0.2) is 13.3 Å². The largest absolute Gasteiger partial charge is 0.377 e. The molecule has 2 aliphatic heterocycles. The molecule has 0 saturated carbocycles. The van der Waals surface area contributed by atoms with Crippen LogP contribution in [0.25, 0.3) is 0 Å². The molecule has 0 spiro atoms. The van der Waals surface area contributed by atoms with Crippen molar-refractivity contribution in [1.29, 1.82) is 0 Å². The first-order valence-corrected chi connectivity index (χ1v) is 9.44. The molecule has 1 aromatic rings. The Morgan fingerprint density at radius 1 is 1.05 bits per heavy atom. The zero-order valence-corrected chi connectivity index (χ0v) is 14.2. The van der Waals surface area contributed by atoms with Crippen LogP contribution in [0.4, 0.5) is 0 Å². The highest BCUT2D eigenvalue weighted by molar-refractivity contribution is 6.62. The molecule has 3 rings (SSSR count). The van der Waals surface area contributed by atoms with Gasteiger partial charge >= 0.3 is 0 Å². The average Bonchev–Trinajstić information content (AvgIpc) is 2.52. The summed E-state index contributed by atoms with van der Waals surface area (Å²) in [4.78, 5) is 0. The van der Waals surface area contributed by atoms with Crippen molar-refractivity contribution in [3.63, 3.8) is 0 Å². The van der Waals surface area contributed by atoms with Crippen LogP contribution in [0, 0.1) is 5.92 Å². The number of ether oxygens (including phenoxy) is 1. The van der Waals surface area contributed by atoms with Crippen LogP contribution < -0.4 is 0 Å². The summed E-state index contributed by atoms with van der Waals surface area (Å²) < 4.78 is 5.87. The standard InChI is InChI=1S/C20H31BO/c1-17(13-14-22-16-18-7-3-2-4-8-18)15-21-19-9-5-10-20(21)12-6-11-19/h2-4,7-8,17,19-20H,5-6,9-16H2,1H3. The summed E-state index contributed by atoms with van der Waals surface area (Å²) in [6.45, 7) is 5.16. The van der Waals surface area contributed by atoms with Gasteiger partial charge in [-0.2, -0.15) is 0 Å². The summed E-state index contributed by atoms with van der Waals surface area (Å²) in [5.74, 6) is 2.93. The first kappa shape index (κ1) is 16.1. The summed E-state index contributed by atoms with van der Waals surface area (Å²) in [7, 11) is 0. The summed E-state index contributed by atoms with van der Waals surface area (Å²) in [6, 6.07) is 10.5. The second kappa shape index (κ2) is 8.20. The van der Waals surface area contributed by atoms with Crippen LogP contribution in [-0.2, 0) is 11.3 Å². The fourth-order valence-electron chi connectivity index (χ4n) is 4.83. The van der Waals surface area contributed by atoms with Gasteiger partial charge in [-0.25, -0.2) is 0 Å². The highest BCUT2D eigenvalue weighted by Crippen LogP contribution is 2.48. The van der Waals surface area contributed by atoms with Gasteiger partial charge in [0.15, 0.2) is 0 Å². The molecule has 22 heavy (non-hydrogen) atoms. The van der Waals surface area contributed by atoms with Crippen molar-refractivity contribution in [2.45, 2.75) is 76.4 Å². The van der Waals surface area contributed by atoms with Gasteiger partial charge in [-0.3, -0.25) is 0 Å². The molecule has 1 aromatic carbocycles. The Bertz CT molecular complexity index is 411. The van der Waals surface area contributed by atoms with Gasteiger partial charge in [0.1, 0.15) is 6.71 Å². The van der Waals surface area contributed by atoms with Gasteiger partial charge < -0.3 is 4.74 Å². The third-order valence-corrected chi connectivity index (χ3v) is 6.05. The molecular weight excluding hydrogens is 267 g/mol. The van der Waals surface area contributed by atoms with E-state index < -0.39 is 0 Å². The maximum Gasteiger partial charge on any atom is 0.146 e. The Balaban J connectivity index is 1.36. The first-order valence-electron chi connectivity index (χ1n) is 9.44. The third kappa shape index (κ3) is 4.38. The predicted octanol–water partition coefficient (Wildman–Crippen LogP) is 5.83. The van der Waals surface area contributed by atoms with E-state index in [1.807, 2.05) is 0 Å². The van der Waals surface area contributed by atoms with Crippen molar-refractivity contribution in [2.24, 2.45) is 5.92 Å². The van der Waals surface area contributed by atoms with Gasteiger partial charge in [-0.15, -0.1) is 0 Å². The summed E-state index contributed by atoms with van der Waals surface area (Å²) in [6.07, 6.45) is 11.7. The fraction of sp³-hybridized carbons (Fsp3) is 0.700. The predicted molar refractivity (Wildman–Crippen MR) is 95.6 cm³/mol. The number of rotatable bonds is 7. The molecule has 2 aliphatic rings. The molecule has 0 amide bonds. The molecule has 120 valence electrons. The summed E-state index contributed by atoms with van der Waals surface area (Å²) >= 11 is 0. The van der Waals surface area contributed by atoms with Crippen molar-refractivity contribution >= 4 is 6.71 Å². The van der Waals surface area contributed by atoms with Crippen LogP contribution in [0.5, 0.6) is 0 Å². The van der Waals surface area contributed by atoms with E-state index in [9.17, 15) is 0 Å². The Morgan fingerprint density at radius 2 is 1.68 bits per heavy atom. The zero-order chi connectivity index (χ0) is 15.2. The molecule has 1 atom stereocenters. The Hall–Kier alpha value is -0.755. The van der Waals surface area contributed by atoms with Gasteiger partial charge in [0.05, 0.1) is 6.61 Å². The van der Waals surface area contributed by atoms with E-state index in [4.69, 9.17) is 4.74 Å². The molecular formula is C20H31BO. The average molecular weight is 298 g/mol. The molecule has 1 nitrogen and oxygen atoms in total. The van der Waals surface area contributed by atoms with Crippen molar-refractivity contribution in [1.82, 2.24) is 0 Å². The molecule has 0 aliphatic carbocycles. The quantitative estimate of drug-likeness (QED) is 0.454.